The molecule has 0 saturated carbocycles. The van der Waals surface area contributed by atoms with Gasteiger partial charge in [0.05, 0.1) is 0 Å². The molecule has 0 unspecified atom stereocenters. The van der Waals surface area contributed by atoms with Gasteiger partial charge in [-0.25, -0.2) is 4.98 Å². The van der Waals surface area contributed by atoms with E-state index >= 15 is 0 Å². The number of hydrogen-bond acceptors (Lipinski definition) is 1. The maximum atomic E-state index is 4.22. The molecule has 2 aromatic rings. The number of benzene rings is 1. The van der Waals surface area contributed by atoms with Crippen molar-refractivity contribution in [3.63, 3.8) is 0 Å². The number of nitrogens with zero attached hydrogens (tertiary/aromatic N) is 2. The first kappa shape index (κ1) is 10.5. The Morgan fingerprint density at radius 1 is 1.25 bits per heavy atom. The lowest BCUT2D eigenvalue weighted by Crippen LogP contribution is -1.94. The van der Waals surface area contributed by atoms with Crippen LogP contribution >= 0.6 is 0 Å². The lowest BCUT2D eigenvalue weighted by Gasteiger charge is -1.95. The summed E-state index contributed by atoms with van der Waals surface area (Å²) in [4.78, 5) is 4.22. The van der Waals surface area contributed by atoms with Crippen LogP contribution in [0.5, 0.6) is 0 Å². The van der Waals surface area contributed by atoms with Crippen molar-refractivity contribution in [1.82, 2.24) is 9.55 Å². The molecule has 80 valence electrons. The Balaban J connectivity index is 2.25. The highest BCUT2D eigenvalue weighted by atomic mass is 15.0. The minimum atomic E-state index is 0.898. The highest BCUT2D eigenvalue weighted by Gasteiger charge is 1.95. The number of hydrogen-bond donors (Lipinski definition) is 0. The predicted molar refractivity (Wildman–Crippen MR) is 65.1 cm³/mol. The molecule has 0 saturated heterocycles. The molecular weight excluding hydrogens is 196 g/mol. The van der Waals surface area contributed by atoms with E-state index in [4.69, 9.17) is 0 Å². The largest absolute Gasteiger partial charge is 0.262 e. The Kier molecular flexibility index (Phi) is 3.07. The minimum Gasteiger partial charge on any atom is -0.262 e. The second-order valence-corrected chi connectivity index (χ2v) is 3.67. The SMILES string of the molecule is CCc1nccn1C#Cc1ccc(C)cc1. The fourth-order valence-electron chi connectivity index (χ4n) is 1.46. The zero-order chi connectivity index (χ0) is 11.4. The van der Waals surface area contributed by atoms with Crippen LogP contribution in [0.15, 0.2) is 36.7 Å². The quantitative estimate of drug-likeness (QED) is 0.661. The van der Waals surface area contributed by atoms with Crippen molar-refractivity contribution < 1.29 is 0 Å². The first-order valence-electron chi connectivity index (χ1n) is 5.40. The van der Waals surface area contributed by atoms with Crippen LogP contribution < -0.4 is 0 Å². The molecule has 0 aliphatic rings. The smallest absolute Gasteiger partial charge is 0.120 e. The summed E-state index contributed by atoms with van der Waals surface area (Å²) in [6.07, 6.45) is 4.57. The Hall–Kier alpha value is -2.01. The summed E-state index contributed by atoms with van der Waals surface area (Å²) in [5.74, 6) is 4.12. The Morgan fingerprint density at radius 3 is 2.69 bits per heavy atom. The topological polar surface area (TPSA) is 17.8 Å². The zero-order valence-corrected chi connectivity index (χ0v) is 9.57. The molecule has 0 atom stereocenters. The second kappa shape index (κ2) is 4.67. The molecule has 0 spiro atoms. The van der Waals surface area contributed by atoms with Crippen molar-refractivity contribution in [2.24, 2.45) is 0 Å². The van der Waals surface area contributed by atoms with Crippen molar-refractivity contribution >= 4 is 0 Å². The molecule has 16 heavy (non-hydrogen) atoms. The number of rotatable bonds is 1. The van der Waals surface area contributed by atoms with Gasteiger partial charge >= 0.3 is 0 Å². The van der Waals surface area contributed by atoms with E-state index < -0.39 is 0 Å². The van der Waals surface area contributed by atoms with Gasteiger partial charge in [0.25, 0.3) is 0 Å². The summed E-state index contributed by atoms with van der Waals surface area (Å²) in [6, 6.07) is 11.3. The summed E-state index contributed by atoms with van der Waals surface area (Å²) in [7, 11) is 0. The molecule has 0 bridgehead atoms. The van der Waals surface area contributed by atoms with Gasteiger partial charge in [-0.1, -0.05) is 24.6 Å². The summed E-state index contributed by atoms with van der Waals surface area (Å²) in [5, 5.41) is 0. The zero-order valence-electron chi connectivity index (χ0n) is 9.57. The van der Waals surface area contributed by atoms with Crippen LogP contribution in [0.1, 0.15) is 23.9 Å². The Morgan fingerprint density at radius 2 is 2.00 bits per heavy atom. The van der Waals surface area contributed by atoms with Crippen LogP contribution in [-0.2, 0) is 6.42 Å². The van der Waals surface area contributed by atoms with E-state index in [2.05, 4.69) is 42.9 Å². The van der Waals surface area contributed by atoms with Gasteiger partial charge in [-0.2, -0.15) is 0 Å². The van der Waals surface area contributed by atoms with E-state index in [0.717, 1.165) is 17.8 Å². The van der Waals surface area contributed by atoms with Crippen LogP contribution in [0.3, 0.4) is 0 Å². The monoisotopic (exact) mass is 210 g/mol. The normalized spacial score (nSPS) is 9.62. The molecule has 0 N–H and O–H groups in total. The highest BCUT2D eigenvalue weighted by Crippen LogP contribution is 2.01. The average Bonchev–Trinajstić information content (AvgIpc) is 2.76. The maximum absolute atomic E-state index is 4.22. The standard InChI is InChI=1S/C14H14N2/c1-3-14-15-9-11-16(14)10-8-13-6-4-12(2)5-7-13/h4-7,9,11H,3H2,1-2H3. The van der Waals surface area contributed by atoms with Crippen LogP contribution in [0.4, 0.5) is 0 Å². The van der Waals surface area contributed by atoms with Gasteiger partial charge in [0.2, 0.25) is 0 Å². The third kappa shape index (κ3) is 2.32. The summed E-state index contributed by atoms with van der Waals surface area (Å²) < 4.78 is 1.87. The van der Waals surface area contributed by atoms with E-state index in [1.807, 2.05) is 22.9 Å². The molecular formula is C14H14N2. The Labute approximate surface area is 96.0 Å². The van der Waals surface area contributed by atoms with Crippen molar-refractivity contribution in [2.45, 2.75) is 20.3 Å². The van der Waals surface area contributed by atoms with E-state index in [0.29, 0.717) is 0 Å². The van der Waals surface area contributed by atoms with Gasteiger partial charge in [-0.15, -0.1) is 0 Å². The van der Waals surface area contributed by atoms with Crippen LogP contribution in [-0.4, -0.2) is 9.55 Å². The van der Waals surface area contributed by atoms with Crippen molar-refractivity contribution in [3.05, 3.63) is 53.6 Å². The van der Waals surface area contributed by atoms with Crippen LogP contribution in [0.2, 0.25) is 0 Å². The lowest BCUT2D eigenvalue weighted by molar-refractivity contribution is 0.913. The molecule has 0 aliphatic heterocycles. The lowest BCUT2D eigenvalue weighted by atomic mass is 10.2. The maximum Gasteiger partial charge on any atom is 0.120 e. The van der Waals surface area contributed by atoms with Crippen molar-refractivity contribution in [3.8, 4) is 12.0 Å². The van der Waals surface area contributed by atoms with Gasteiger partial charge in [-0.05, 0) is 25.0 Å². The second-order valence-electron chi connectivity index (χ2n) is 3.67. The van der Waals surface area contributed by atoms with E-state index in [1.165, 1.54) is 5.56 Å². The van der Waals surface area contributed by atoms with Crippen LogP contribution in [0.25, 0.3) is 0 Å². The van der Waals surface area contributed by atoms with E-state index in [9.17, 15) is 0 Å². The van der Waals surface area contributed by atoms with Gasteiger partial charge < -0.3 is 0 Å². The molecule has 1 aromatic heterocycles. The first-order chi connectivity index (χ1) is 7.79. The summed E-state index contributed by atoms with van der Waals surface area (Å²) >= 11 is 0. The fraction of sp³-hybridized carbons (Fsp3) is 0.214. The van der Waals surface area contributed by atoms with Gasteiger partial charge in [0.1, 0.15) is 5.82 Å². The molecule has 0 aliphatic carbocycles. The average molecular weight is 210 g/mol. The molecule has 0 fully saturated rings. The molecule has 1 heterocycles. The molecule has 2 rings (SSSR count). The van der Waals surface area contributed by atoms with Gasteiger partial charge in [0.15, 0.2) is 0 Å². The van der Waals surface area contributed by atoms with E-state index in [1.54, 1.807) is 6.20 Å². The first-order valence-corrected chi connectivity index (χ1v) is 5.40. The van der Waals surface area contributed by atoms with Crippen molar-refractivity contribution in [1.29, 1.82) is 0 Å². The predicted octanol–water partition coefficient (Wildman–Crippen LogP) is 2.61. The molecule has 2 heteroatoms. The molecule has 1 aromatic carbocycles. The van der Waals surface area contributed by atoms with Gasteiger partial charge in [0, 0.05) is 30.4 Å². The Bertz CT molecular complexity index is 524. The van der Waals surface area contributed by atoms with E-state index in [-0.39, 0.29) is 0 Å². The molecule has 0 radical (unpaired) electrons. The summed E-state index contributed by atoms with van der Waals surface area (Å²) in [6.45, 7) is 4.15. The number of imidazole rings is 1. The minimum absolute atomic E-state index is 0.898. The number of aryl methyl sites for hydroxylation is 2. The van der Waals surface area contributed by atoms with Crippen LogP contribution in [0, 0.1) is 18.9 Å². The fourth-order valence-corrected chi connectivity index (χ4v) is 1.46. The van der Waals surface area contributed by atoms with Crippen molar-refractivity contribution in [2.75, 3.05) is 0 Å². The summed E-state index contributed by atoms with van der Waals surface area (Å²) in [5.41, 5.74) is 2.28. The third-order valence-electron chi connectivity index (χ3n) is 2.41. The van der Waals surface area contributed by atoms with Gasteiger partial charge in [-0.3, -0.25) is 4.57 Å². The molecule has 2 nitrogen and oxygen atoms in total. The molecule has 0 amide bonds. The number of aromatic nitrogens is 2. The highest BCUT2D eigenvalue weighted by molar-refractivity contribution is 5.36. The third-order valence-corrected chi connectivity index (χ3v) is 2.41.